The van der Waals surface area contributed by atoms with Gasteiger partial charge in [0.15, 0.2) is 5.60 Å². The van der Waals surface area contributed by atoms with Crippen LogP contribution in [-0.2, 0) is 4.79 Å². The predicted octanol–water partition coefficient (Wildman–Crippen LogP) is 3.66. The van der Waals surface area contributed by atoms with Gasteiger partial charge >= 0.3 is 0 Å². The molecule has 0 aliphatic heterocycles. The van der Waals surface area contributed by atoms with Gasteiger partial charge in [-0.3, -0.25) is 4.79 Å². The van der Waals surface area contributed by atoms with Gasteiger partial charge in [-0.25, -0.2) is 0 Å². The fraction of sp³-hybridized carbons (Fsp3) is 0.588. The number of carbonyl (C=O) groups excluding carboxylic acids is 1. The first kappa shape index (κ1) is 16.5. The summed E-state index contributed by atoms with van der Waals surface area (Å²) in [6.45, 7) is 10.7. The number of amides is 1. The van der Waals surface area contributed by atoms with E-state index in [4.69, 9.17) is 4.74 Å². The van der Waals surface area contributed by atoms with Crippen LogP contribution in [0.2, 0.25) is 0 Å². The Morgan fingerprint density at radius 1 is 1.25 bits per heavy atom. The first-order valence-electron chi connectivity index (χ1n) is 7.23. The largest absolute Gasteiger partial charge is 0.478 e. The fourth-order valence-electron chi connectivity index (χ4n) is 1.96. The van der Waals surface area contributed by atoms with Crippen LogP contribution in [0, 0.1) is 12.8 Å². The summed E-state index contributed by atoms with van der Waals surface area (Å²) in [5.41, 5.74) is 0.330. The minimum atomic E-state index is -0.846. The molecule has 1 aromatic carbocycles. The molecular weight excluding hydrogens is 250 g/mol. The summed E-state index contributed by atoms with van der Waals surface area (Å²) in [6, 6.07) is 7.77. The maximum Gasteiger partial charge on any atom is 0.265 e. The van der Waals surface area contributed by atoms with Gasteiger partial charge in [-0.1, -0.05) is 31.5 Å². The Morgan fingerprint density at radius 2 is 1.80 bits per heavy atom. The van der Waals surface area contributed by atoms with Gasteiger partial charge in [0.2, 0.25) is 0 Å². The van der Waals surface area contributed by atoms with Gasteiger partial charge in [-0.15, -0.1) is 0 Å². The fourth-order valence-corrected chi connectivity index (χ4v) is 1.96. The van der Waals surface area contributed by atoms with Crippen molar-refractivity contribution in [2.24, 2.45) is 5.92 Å². The van der Waals surface area contributed by atoms with Crippen molar-refractivity contribution in [1.82, 2.24) is 4.90 Å². The maximum absolute atomic E-state index is 12.4. The minimum absolute atomic E-state index is 0.0127. The third-order valence-corrected chi connectivity index (χ3v) is 3.30. The lowest BCUT2D eigenvalue weighted by Gasteiger charge is -2.30. The Bertz CT molecular complexity index is 435. The average Bonchev–Trinajstić information content (AvgIpc) is 2.37. The van der Waals surface area contributed by atoms with Crippen LogP contribution >= 0.6 is 0 Å². The van der Waals surface area contributed by atoms with Crippen LogP contribution in [0.15, 0.2) is 24.3 Å². The molecule has 1 aromatic rings. The van der Waals surface area contributed by atoms with E-state index in [1.165, 1.54) is 5.56 Å². The number of ether oxygens (including phenoxy) is 1. The van der Waals surface area contributed by atoms with Crippen LogP contribution in [0.3, 0.4) is 0 Å². The van der Waals surface area contributed by atoms with Crippen molar-refractivity contribution in [3.05, 3.63) is 29.8 Å². The monoisotopic (exact) mass is 277 g/mol. The molecule has 0 saturated heterocycles. The van der Waals surface area contributed by atoms with Crippen molar-refractivity contribution in [3.63, 3.8) is 0 Å². The third kappa shape index (κ3) is 4.87. The lowest BCUT2D eigenvalue weighted by molar-refractivity contribution is -0.144. The first-order valence-corrected chi connectivity index (χ1v) is 7.23. The number of rotatable bonds is 6. The smallest absolute Gasteiger partial charge is 0.265 e. The van der Waals surface area contributed by atoms with E-state index < -0.39 is 5.60 Å². The lowest BCUT2D eigenvalue weighted by atomic mass is 10.1. The molecule has 0 aliphatic rings. The summed E-state index contributed by atoms with van der Waals surface area (Å²) in [7, 11) is 1.84. The van der Waals surface area contributed by atoms with Crippen molar-refractivity contribution in [2.75, 3.05) is 13.6 Å². The highest BCUT2D eigenvalue weighted by atomic mass is 16.5. The standard InChI is InChI=1S/C17H27NO2/c1-13(2)11-12-18(6)16(19)17(4,5)20-15-9-7-14(3)8-10-15/h7-10,13H,11-12H2,1-6H3. The SMILES string of the molecule is Cc1ccc(OC(C)(C)C(=O)N(C)CCC(C)C)cc1. The molecular formula is C17H27NO2. The van der Waals surface area contributed by atoms with Crippen molar-refractivity contribution >= 4 is 5.91 Å². The molecule has 20 heavy (non-hydrogen) atoms. The highest BCUT2D eigenvalue weighted by Gasteiger charge is 2.32. The highest BCUT2D eigenvalue weighted by Crippen LogP contribution is 2.20. The van der Waals surface area contributed by atoms with E-state index in [1.54, 1.807) is 4.90 Å². The summed E-state index contributed by atoms with van der Waals surface area (Å²) in [5.74, 6) is 1.33. The van der Waals surface area contributed by atoms with Gasteiger partial charge in [0, 0.05) is 13.6 Å². The van der Waals surface area contributed by atoms with Crippen LogP contribution in [0.4, 0.5) is 0 Å². The van der Waals surface area contributed by atoms with Crippen LogP contribution < -0.4 is 4.74 Å². The summed E-state index contributed by atoms with van der Waals surface area (Å²) >= 11 is 0. The zero-order chi connectivity index (χ0) is 15.3. The lowest BCUT2D eigenvalue weighted by Crippen LogP contribution is -2.47. The van der Waals surface area contributed by atoms with Crippen molar-refractivity contribution in [3.8, 4) is 5.75 Å². The van der Waals surface area contributed by atoms with Gasteiger partial charge in [-0.2, -0.15) is 0 Å². The third-order valence-electron chi connectivity index (χ3n) is 3.30. The predicted molar refractivity (Wildman–Crippen MR) is 83.0 cm³/mol. The number of aryl methyl sites for hydroxylation is 1. The summed E-state index contributed by atoms with van der Waals surface area (Å²) < 4.78 is 5.86. The van der Waals surface area contributed by atoms with E-state index in [1.807, 2.05) is 52.1 Å². The molecule has 0 atom stereocenters. The first-order chi connectivity index (χ1) is 9.22. The Balaban J connectivity index is 2.66. The Morgan fingerprint density at radius 3 is 2.30 bits per heavy atom. The van der Waals surface area contributed by atoms with Gasteiger partial charge in [-0.05, 0) is 45.2 Å². The molecule has 0 aromatic heterocycles. The topological polar surface area (TPSA) is 29.5 Å². The van der Waals surface area contributed by atoms with Crippen molar-refractivity contribution in [2.45, 2.75) is 46.6 Å². The molecule has 1 rings (SSSR count). The van der Waals surface area contributed by atoms with Crippen LogP contribution in [0.25, 0.3) is 0 Å². The molecule has 0 spiro atoms. The summed E-state index contributed by atoms with van der Waals surface area (Å²) in [6.07, 6.45) is 1.00. The summed E-state index contributed by atoms with van der Waals surface area (Å²) in [5, 5.41) is 0. The molecule has 0 radical (unpaired) electrons. The molecule has 0 unspecified atom stereocenters. The second kappa shape index (κ2) is 6.78. The summed E-state index contributed by atoms with van der Waals surface area (Å²) in [4.78, 5) is 14.2. The van der Waals surface area contributed by atoms with Crippen molar-refractivity contribution < 1.29 is 9.53 Å². The van der Waals surface area contributed by atoms with Crippen molar-refractivity contribution in [1.29, 1.82) is 0 Å². The average molecular weight is 277 g/mol. The highest BCUT2D eigenvalue weighted by molar-refractivity contribution is 5.84. The van der Waals surface area contributed by atoms with E-state index in [2.05, 4.69) is 13.8 Å². The number of hydrogen-bond donors (Lipinski definition) is 0. The van der Waals surface area contributed by atoms with Crippen LogP contribution in [0.5, 0.6) is 5.75 Å². The quantitative estimate of drug-likeness (QED) is 0.794. The number of benzene rings is 1. The second-order valence-corrected chi connectivity index (χ2v) is 6.33. The molecule has 112 valence electrons. The maximum atomic E-state index is 12.4. The molecule has 1 amide bonds. The Kier molecular flexibility index (Phi) is 5.61. The molecule has 3 nitrogen and oxygen atoms in total. The van der Waals surface area contributed by atoms with E-state index in [-0.39, 0.29) is 5.91 Å². The number of likely N-dealkylation sites (N-methyl/N-ethyl adjacent to an activating group) is 1. The zero-order valence-corrected chi connectivity index (χ0v) is 13.6. The van der Waals surface area contributed by atoms with Crippen LogP contribution in [0.1, 0.15) is 39.7 Å². The van der Waals surface area contributed by atoms with E-state index >= 15 is 0 Å². The molecule has 3 heteroatoms. The van der Waals surface area contributed by atoms with Gasteiger partial charge < -0.3 is 9.64 Å². The van der Waals surface area contributed by atoms with E-state index in [9.17, 15) is 4.79 Å². The molecule has 0 aliphatic carbocycles. The molecule has 0 N–H and O–H groups in total. The number of nitrogens with zero attached hydrogens (tertiary/aromatic N) is 1. The molecule has 0 heterocycles. The zero-order valence-electron chi connectivity index (χ0n) is 13.6. The minimum Gasteiger partial charge on any atom is -0.478 e. The molecule has 0 saturated carbocycles. The van der Waals surface area contributed by atoms with Gasteiger partial charge in [0.05, 0.1) is 0 Å². The Labute approximate surface area is 122 Å². The van der Waals surface area contributed by atoms with E-state index in [0.29, 0.717) is 5.92 Å². The van der Waals surface area contributed by atoms with E-state index in [0.717, 1.165) is 18.7 Å². The van der Waals surface area contributed by atoms with Gasteiger partial charge in [0.1, 0.15) is 5.75 Å². The number of carbonyl (C=O) groups is 1. The molecule has 0 fully saturated rings. The normalized spacial score (nSPS) is 11.6. The van der Waals surface area contributed by atoms with Gasteiger partial charge in [0.25, 0.3) is 5.91 Å². The second-order valence-electron chi connectivity index (χ2n) is 6.33. The number of hydrogen-bond acceptors (Lipinski definition) is 2. The molecule has 0 bridgehead atoms. The van der Waals surface area contributed by atoms with Crippen LogP contribution in [-0.4, -0.2) is 30.0 Å². The Hall–Kier alpha value is -1.51.